The molecule has 0 N–H and O–H groups in total. The molecule has 3 nitrogen and oxygen atoms in total. The molecule has 3 aromatic carbocycles. The van der Waals surface area contributed by atoms with Gasteiger partial charge in [0, 0.05) is 12.2 Å². The second kappa shape index (κ2) is 13.4. The van der Waals surface area contributed by atoms with Gasteiger partial charge in [0.25, 0.3) is 8.32 Å². The monoisotopic (exact) mass is 555 g/mol. The first kappa shape index (κ1) is 30.6. The standard InChI is InChI=1S/C34H41NO2SSi/c1-8-27-35(38(36)33(2,3)4)30(25-24-29-18-12-9-13-19-29)26-28-37-39(34(5,6)7,31-20-14-10-15-21-31)32-22-16-11-17-23-32/h1,9-23,30H,26-28H2,2-7H3/t30-,38?/m0/s1. The Kier molecular flexibility index (Phi) is 10.5. The second-order valence-corrected chi connectivity index (χ2v) is 18.1. The molecule has 0 amide bonds. The van der Waals surface area contributed by atoms with Crippen LogP contribution in [-0.4, -0.2) is 40.8 Å². The number of nitrogens with zero attached hydrogens (tertiary/aromatic N) is 1. The Morgan fingerprint density at radius 2 is 1.33 bits per heavy atom. The lowest BCUT2D eigenvalue weighted by molar-refractivity contribution is 0.262. The van der Waals surface area contributed by atoms with Gasteiger partial charge in [0.1, 0.15) is 11.0 Å². The number of rotatable bonds is 9. The molecule has 3 rings (SSSR count). The molecule has 3 aromatic rings. The molecule has 5 heteroatoms. The molecule has 2 atom stereocenters. The molecule has 0 aliphatic carbocycles. The Bertz CT molecular complexity index is 1270. The lowest BCUT2D eigenvalue weighted by Crippen LogP contribution is -2.66. The molecule has 0 radical (unpaired) electrons. The maximum atomic E-state index is 13.6. The van der Waals surface area contributed by atoms with Crippen molar-refractivity contribution < 1.29 is 8.63 Å². The molecular formula is C34H41NO2SSi. The van der Waals surface area contributed by atoms with Crippen molar-refractivity contribution in [3.8, 4) is 24.2 Å². The highest BCUT2D eigenvalue weighted by Crippen LogP contribution is 2.37. The van der Waals surface area contributed by atoms with Crippen molar-refractivity contribution in [2.75, 3.05) is 13.2 Å². The Morgan fingerprint density at radius 3 is 1.77 bits per heavy atom. The van der Waals surface area contributed by atoms with Crippen LogP contribution in [0.4, 0.5) is 0 Å². The molecule has 0 heterocycles. The van der Waals surface area contributed by atoms with E-state index in [1.165, 1.54) is 10.4 Å². The van der Waals surface area contributed by atoms with Crippen LogP contribution in [-0.2, 0) is 15.4 Å². The lowest BCUT2D eigenvalue weighted by atomic mass is 10.1. The van der Waals surface area contributed by atoms with Crippen molar-refractivity contribution in [2.24, 2.45) is 0 Å². The van der Waals surface area contributed by atoms with Crippen molar-refractivity contribution >= 4 is 29.7 Å². The predicted octanol–water partition coefficient (Wildman–Crippen LogP) is 5.77. The van der Waals surface area contributed by atoms with E-state index < -0.39 is 24.1 Å². The Morgan fingerprint density at radius 1 is 0.846 bits per heavy atom. The van der Waals surface area contributed by atoms with Crippen LogP contribution in [0.5, 0.6) is 0 Å². The van der Waals surface area contributed by atoms with E-state index in [1.54, 1.807) is 0 Å². The minimum atomic E-state index is -2.70. The summed E-state index contributed by atoms with van der Waals surface area (Å²) in [7, 11) is -4.04. The lowest BCUT2D eigenvalue weighted by Gasteiger charge is -2.43. The highest BCUT2D eigenvalue weighted by Gasteiger charge is 2.50. The van der Waals surface area contributed by atoms with E-state index >= 15 is 0 Å². The van der Waals surface area contributed by atoms with Gasteiger partial charge in [-0.1, -0.05) is 117 Å². The average molecular weight is 556 g/mol. The van der Waals surface area contributed by atoms with E-state index in [-0.39, 0.29) is 17.6 Å². The molecule has 0 aliphatic rings. The average Bonchev–Trinajstić information content (AvgIpc) is 2.91. The van der Waals surface area contributed by atoms with Crippen molar-refractivity contribution in [3.63, 3.8) is 0 Å². The number of benzene rings is 3. The van der Waals surface area contributed by atoms with Crippen LogP contribution in [0.25, 0.3) is 0 Å². The van der Waals surface area contributed by atoms with E-state index in [0.29, 0.717) is 13.0 Å². The van der Waals surface area contributed by atoms with E-state index in [0.717, 1.165) is 5.56 Å². The maximum Gasteiger partial charge on any atom is 0.261 e. The second-order valence-electron chi connectivity index (χ2n) is 11.6. The quantitative estimate of drug-likeness (QED) is 0.248. The fraction of sp³-hybridized carbons (Fsp3) is 0.353. The van der Waals surface area contributed by atoms with Crippen LogP contribution in [0.15, 0.2) is 91.0 Å². The minimum Gasteiger partial charge on any atom is -0.407 e. The first-order valence-electron chi connectivity index (χ1n) is 13.4. The van der Waals surface area contributed by atoms with E-state index in [2.05, 4.69) is 87.1 Å². The summed E-state index contributed by atoms with van der Waals surface area (Å²) >= 11 is 0. The summed E-state index contributed by atoms with van der Waals surface area (Å²) in [5.74, 6) is 9.41. The zero-order chi connectivity index (χ0) is 28.5. The summed E-state index contributed by atoms with van der Waals surface area (Å²) in [4.78, 5) is 0. The number of hydrogen-bond donors (Lipinski definition) is 0. The summed E-state index contributed by atoms with van der Waals surface area (Å²) in [5, 5.41) is 2.33. The summed E-state index contributed by atoms with van der Waals surface area (Å²) in [6.45, 7) is 13.4. The van der Waals surface area contributed by atoms with E-state index in [4.69, 9.17) is 10.8 Å². The molecule has 0 saturated carbocycles. The molecule has 204 valence electrons. The molecule has 0 fully saturated rings. The van der Waals surface area contributed by atoms with Crippen LogP contribution in [0, 0.1) is 24.2 Å². The Hall–Kier alpha value is -2.93. The SMILES string of the molecule is C#CCN([C@@H](C#Cc1ccccc1)CCO[Si](c1ccccc1)(c1ccccc1)C(C)(C)C)S(=O)C(C)(C)C. The third kappa shape index (κ3) is 7.59. The van der Waals surface area contributed by atoms with E-state index in [9.17, 15) is 4.21 Å². The van der Waals surface area contributed by atoms with Crippen LogP contribution in [0.3, 0.4) is 0 Å². The summed E-state index contributed by atoms with van der Waals surface area (Å²) in [5.41, 5.74) is 0.914. The largest absolute Gasteiger partial charge is 0.407 e. The summed E-state index contributed by atoms with van der Waals surface area (Å²) in [6, 6.07) is 30.7. The molecule has 0 aliphatic heterocycles. The number of hydrogen-bond acceptors (Lipinski definition) is 2. The summed E-state index contributed by atoms with van der Waals surface area (Å²) < 4.78 is 22.1. The van der Waals surface area contributed by atoms with Crippen molar-refractivity contribution in [2.45, 2.75) is 63.8 Å². The molecule has 0 aromatic heterocycles. The van der Waals surface area contributed by atoms with Gasteiger partial charge in [-0.2, -0.15) is 4.31 Å². The number of terminal acetylenes is 1. The molecular weight excluding hydrogens is 515 g/mol. The zero-order valence-electron chi connectivity index (χ0n) is 24.1. The van der Waals surface area contributed by atoms with Gasteiger partial charge in [-0.15, -0.1) is 6.42 Å². The molecule has 0 saturated heterocycles. The minimum absolute atomic E-state index is 0.131. The topological polar surface area (TPSA) is 29.5 Å². The van der Waals surface area contributed by atoms with Gasteiger partial charge in [-0.25, -0.2) is 4.21 Å². The van der Waals surface area contributed by atoms with Crippen molar-refractivity contribution in [1.82, 2.24) is 4.31 Å². The van der Waals surface area contributed by atoms with Crippen LogP contribution in [0.1, 0.15) is 53.5 Å². The first-order valence-corrected chi connectivity index (χ1v) is 16.5. The summed E-state index contributed by atoms with van der Waals surface area (Å²) in [6.07, 6.45) is 6.34. The van der Waals surface area contributed by atoms with Gasteiger partial charge < -0.3 is 4.43 Å². The Balaban J connectivity index is 2.02. The van der Waals surface area contributed by atoms with Crippen LogP contribution in [0.2, 0.25) is 5.04 Å². The van der Waals surface area contributed by atoms with Gasteiger partial charge in [-0.3, -0.25) is 0 Å². The van der Waals surface area contributed by atoms with Gasteiger partial charge in [0.05, 0.1) is 17.3 Å². The zero-order valence-corrected chi connectivity index (χ0v) is 25.9. The van der Waals surface area contributed by atoms with Gasteiger partial charge >= 0.3 is 0 Å². The van der Waals surface area contributed by atoms with Crippen LogP contribution >= 0.6 is 0 Å². The van der Waals surface area contributed by atoms with Crippen molar-refractivity contribution in [3.05, 3.63) is 96.6 Å². The third-order valence-corrected chi connectivity index (χ3v) is 13.5. The highest BCUT2D eigenvalue weighted by atomic mass is 32.2. The fourth-order valence-electron chi connectivity index (χ4n) is 4.79. The van der Waals surface area contributed by atoms with Gasteiger partial charge in [0.2, 0.25) is 0 Å². The normalized spacial score (nSPS) is 13.7. The fourth-order valence-corrected chi connectivity index (χ4v) is 10.7. The molecule has 0 spiro atoms. The Labute approximate surface area is 239 Å². The molecule has 0 bridgehead atoms. The molecule has 39 heavy (non-hydrogen) atoms. The van der Waals surface area contributed by atoms with Gasteiger partial charge in [-0.05, 0) is 54.7 Å². The van der Waals surface area contributed by atoms with E-state index in [1.807, 2.05) is 67.5 Å². The highest BCUT2D eigenvalue weighted by molar-refractivity contribution is 7.84. The van der Waals surface area contributed by atoms with Crippen molar-refractivity contribution in [1.29, 1.82) is 0 Å². The molecule has 1 unspecified atom stereocenters. The predicted molar refractivity (Wildman–Crippen MR) is 169 cm³/mol. The van der Waals surface area contributed by atoms with Crippen LogP contribution < -0.4 is 10.4 Å². The maximum absolute atomic E-state index is 13.6. The van der Waals surface area contributed by atoms with Gasteiger partial charge in [0.15, 0.2) is 0 Å². The first-order chi connectivity index (χ1) is 18.5. The smallest absolute Gasteiger partial charge is 0.261 e. The third-order valence-electron chi connectivity index (χ3n) is 6.62.